The first-order valence-corrected chi connectivity index (χ1v) is 6.54. The lowest BCUT2D eigenvalue weighted by Gasteiger charge is -2.04. The van der Waals surface area contributed by atoms with Gasteiger partial charge < -0.3 is 10.6 Å². The maximum Gasteiger partial charge on any atom is 0.0317 e. The predicted molar refractivity (Wildman–Crippen MR) is 86.1 cm³/mol. The largest absolute Gasteiger partial charge is 0.399 e. The highest BCUT2D eigenvalue weighted by Crippen LogP contribution is 2.15. The third kappa shape index (κ3) is 5.58. The Balaban J connectivity index is 2.75. The molecule has 0 aliphatic rings. The molecule has 0 aliphatic carbocycles. The summed E-state index contributed by atoms with van der Waals surface area (Å²) in [6, 6.07) is 5.98. The molecule has 2 nitrogen and oxygen atoms in total. The third-order valence-corrected chi connectivity index (χ3v) is 2.86. The van der Waals surface area contributed by atoms with Gasteiger partial charge in [0.2, 0.25) is 0 Å². The molecule has 1 aromatic carbocycles. The number of nitrogens with two attached hydrogens (primary N) is 1. The standard InChI is InChI=1S/C17H24N2/c1-5-15(7-6-12-19(3)4)8-9-16-10-11-17(18)13-14(16)2/h5-11,13H,12,18H2,1-4H3/b7-6-,9-8+,15-5+. The van der Waals surface area contributed by atoms with Crippen molar-refractivity contribution in [3.05, 3.63) is 59.2 Å². The van der Waals surface area contributed by atoms with E-state index in [1.54, 1.807) is 0 Å². The van der Waals surface area contributed by atoms with E-state index in [0.29, 0.717) is 0 Å². The summed E-state index contributed by atoms with van der Waals surface area (Å²) >= 11 is 0. The van der Waals surface area contributed by atoms with Crippen molar-refractivity contribution in [1.82, 2.24) is 4.90 Å². The van der Waals surface area contributed by atoms with E-state index in [4.69, 9.17) is 5.73 Å². The van der Waals surface area contributed by atoms with Gasteiger partial charge in [0.05, 0.1) is 0 Å². The van der Waals surface area contributed by atoms with Crippen LogP contribution in [0.25, 0.3) is 6.08 Å². The van der Waals surface area contributed by atoms with E-state index in [2.05, 4.69) is 69.3 Å². The fraction of sp³-hybridized carbons (Fsp3) is 0.294. The Hall–Kier alpha value is -1.80. The van der Waals surface area contributed by atoms with Crippen LogP contribution in [0.2, 0.25) is 0 Å². The van der Waals surface area contributed by atoms with Gasteiger partial charge in [-0.25, -0.2) is 0 Å². The number of rotatable bonds is 5. The van der Waals surface area contributed by atoms with E-state index in [1.807, 2.05) is 12.1 Å². The van der Waals surface area contributed by atoms with E-state index in [9.17, 15) is 0 Å². The molecule has 2 N–H and O–H groups in total. The molecule has 0 unspecified atom stereocenters. The number of likely N-dealkylation sites (N-methyl/N-ethyl adjacent to an activating group) is 1. The Morgan fingerprint density at radius 2 is 2.00 bits per heavy atom. The summed E-state index contributed by atoms with van der Waals surface area (Å²) < 4.78 is 0. The number of nitrogen functional groups attached to an aromatic ring is 1. The molecule has 0 radical (unpaired) electrons. The van der Waals surface area contributed by atoms with Crippen LogP contribution in [0.4, 0.5) is 5.69 Å². The highest BCUT2D eigenvalue weighted by molar-refractivity contribution is 5.60. The second-order valence-corrected chi connectivity index (χ2v) is 4.90. The van der Waals surface area contributed by atoms with Crippen LogP contribution in [0.15, 0.2) is 48.1 Å². The van der Waals surface area contributed by atoms with Crippen molar-refractivity contribution < 1.29 is 0 Å². The van der Waals surface area contributed by atoms with Crippen LogP contribution in [0, 0.1) is 6.92 Å². The van der Waals surface area contributed by atoms with E-state index >= 15 is 0 Å². The minimum absolute atomic E-state index is 0.812. The molecule has 0 spiro atoms. The van der Waals surface area contributed by atoms with Crippen LogP contribution >= 0.6 is 0 Å². The van der Waals surface area contributed by atoms with Crippen LogP contribution < -0.4 is 5.73 Å². The Kier molecular flexibility index (Phi) is 6.10. The Labute approximate surface area is 116 Å². The van der Waals surface area contributed by atoms with Crippen molar-refractivity contribution in [3.63, 3.8) is 0 Å². The van der Waals surface area contributed by atoms with Crippen molar-refractivity contribution >= 4 is 11.8 Å². The van der Waals surface area contributed by atoms with Gasteiger partial charge in [-0.05, 0) is 56.8 Å². The lowest BCUT2D eigenvalue weighted by atomic mass is 10.1. The average Bonchev–Trinajstić information content (AvgIpc) is 2.35. The van der Waals surface area contributed by atoms with E-state index < -0.39 is 0 Å². The number of nitrogens with zero attached hydrogens (tertiary/aromatic N) is 1. The van der Waals surface area contributed by atoms with Gasteiger partial charge in [-0.15, -0.1) is 0 Å². The lowest BCUT2D eigenvalue weighted by molar-refractivity contribution is 0.456. The summed E-state index contributed by atoms with van der Waals surface area (Å²) in [5.74, 6) is 0. The summed E-state index contributed by atoms with van der Waals surface area (Å²) in [6.07, 6.45) is 10.7. The topological polar surface area (TPSA) is 29.3 Å². The molecule has 1 aromatic rings. The minimum atomic E-state index is 0.812. The van der Waals surface area contributed by atoms with Gasteiger partial charge in [0, 0.05) is 12.2 Å². The van der Waals surface area contributed by atoms with Gasteiger partial charge in [-0.1, -0.05) is 36.4 Å². The zero-order valence-electron chi connectivity index (χ0n) is 12.4. The zero-order valence-corrected chi connectivity index (χ0v) is 12.4. The molecule has 0 bridgehead atoms. The molecule has 2 heteroatoms. The number of anilines is 1. The molecular weight excluding hydrogens is 232 g/mol. The fourth-order valence-electron chi connectivity index (χ4n) is 1.72. The molecule has 0 fully saturated rings. The Bertz CT molecular complexity index is 494. The minimum Gasteiger partial charge on any atom is -0.399 e. The number of hydrogen-bond acceptors (Lipinski definition) is 2. The second kappa shape index (κ2) is 7.59. The molecule has 0 saturated carbocycles. The fourth-order valence-corrected chi connectivity index (χ4v) is 1.72. The van der Waals surface area contributed by atoms with Gasteiger partial charge in [0.1, 0.15) is 0 Å². The number of benzene rings is 1. The van der Waals surface area contributed by atoms with E-state index in [-0.39, 0.29) is 0 Å². The molecule has 0 amide bonds. The Morgan fingerprint density at radius 3 is 2.58 bits per heavy atom. The molecule has 19 heavy (non-hydrogen) atoms. The van der Waals surface area contributed by atoms with Crippen LogP contribution in [-0.4, -0.2) is 25.5 Å². The normalized spacial score (nSPS) is 13.0. The maximum atomic E-state index is 5.75. The first-order chi connectivity index (χ1) is 9.02. The highest BCUT2D eigenvalue weighted by atomic mass is 15.0. The maximum absolute atomic E-state index is 5.75. The first kappa shape index (κ1) is 15.3. The third-order valence-electron chi connectivity index (χ3n) is 2.86. The van der Waals surface area contributed by atoms with Gasteiger partial charge in [-0.2, -0.15) is 0 Å². The van der Waals surface area contributed by atoms with Gasteiger partial charge in [0.15, 0.2) is 0 Å². The summed E-state index contributed by atoms with van der Waals surface area (Å²) in [5.41, 5.74) is 10.2. The monoisotopic (exact) mass is 256 g/mol. The van der Waals surface area contributed by atoms with Crippen molar-refractivity contribution in [2.45, 2.75) is 13.8 Å². The second-order valence-electron chi connectivity index (χ2n) is 4.90. The molecule has 1 rings (SSSR count). The predicted octanol–water partition coefficient (Wildman–Crippen LogP) is 3.65. The lowest BCUT2D eigenvalue weighted by Crippen LogP contribution is -2.10. The van der Waals surface area contributed by atoms with Gasteiger partial charge in [0.25, 0.3) is 0 Å². The van der Waals surface area contributed by atoms with Crippen LogP contribution in [-0.2, 0) is 0 Å². The molecule has 0 aliphatic heterocycles. The molecular formula is C17H24N2. The number of allylic oxidation sites excluding steroid dienone is 4. The summed E-state index contributed by atoms with van der Waals surface area (Å²) in [4.78, 5) is 2.14. The molecule has 0 atom stereocenters. The Morgan fingerprint density at radius 1 is 1.26 bits per heavy atom. The molecule has 0 heterocycles. The van der Waals surface area contributed by atoms with Crippen LogP contribution in [0.3, 0.4) is 0 Å². The SMILES string of the molecule is C/C=C(\C=C/CN(C)C)/C=C/c1ccc(N)cc1C. The number of hydrogen-bond donors (Lipinski definition) is 1. The highest BCUT2D eigenvalue weighted by Gasteiger charge is 1.94. The summed E-state index contributed by atoms with van der Waals surface area (Å²) in [6.45, 7) is 5.08. The summed E-state index contributed by atoms with van der Waals surface area (Å²) in [5, 5.41) is 0. The summed E-state index contributed by atoms with van der Waals surface area (Å²) in [7, 11) is 4.13. The smallest absolute Gasteiger partial charge is 0.0317 e. The molecule has 102 valence electrons. The van der Waals surface area contributed by atoms with Gasteiger partial charge >= 0.3 is 0 Å². The number of aryl methyl sites for hydroxylation is 1. The molecule has 0 aromatic heterocycles. The molecule has 0 saturated heterocycles. The van der Waals surface area contributed by atoms with Crippen molar-refractivity contribution in [2.75, 3.05) is 26.4 Å². The average molecular weight is 256 g/mol. The zero-order chi connectivity index (χ0) is 14.3. The van der Waals surface area contributed by atoms with Crippen molar-refractivity contribution in [3.8, 4) is 0 Å². The van der Waals surface area contributed by atoms with E-state index in [0.717, 1.165) is 12.2 Å². The van der Waals surface area contributed by atoms with Crippen LogP contribution in [0.1, 0.15) is 18.1 Å². The van der Waals surface area contributed by atoms with Gasteiger partial charge in [-0.3, -0.25) is 0 Å². The van der Waals surface area contributed by atoms with Crippen molar-refractivity contribution in [1.29, 1.82) is 0 Å². The quantitative estimate of drug-likeness (QED) is 0.643. The van der Waals surface area contributed by atoms with Crippen molar-refractivity contribution in [2.24, 2.45) is 0 Å². The van der Waals surface area contributed by atoms with Crippen LogP contribution in [0.5, 0.6) is 0 Å². The first-order valence-electron chi connectivity index (χ1n) is 6.54. The van der Waals surface area contributed by atoms with E-state index in [1.165, 1.54) is 16.7 Å².